The predicted molar refractivity (Wildman–Crippen MR) is 151 cm³/mol. The van der Waals surface area contributed by atoms with Crippen LogP contribution in [0.25, 0.3) is 5.69 Å². The Balaban J connectivity index is 1.42. The first-order valence-corrected chi connectivity index (χ1v) is 13.5. The molecule has 1 saturated carbocycles. The number of benzene rings is 3. The van der Waals surface area contributed by atoms with E-state index < -0.39 is 0 Å². The molecule has 1 atom stereocenters. The van der Waals surface area contributed by atoms with Crippen molar-refractivity contribution in [2.75, 3.05) is 6.54 Å². The Bertz CT molecular complexity index is 1410. The number of carbonyl (C=O) groups excluding carboxylic acids is 1. The SMILES string of the molecule is CCc1cccc(-n2nc(C)cc2C(=O)Cc2cccc(C(NCC3CC3)c3ccc(C)cc3C)c2)c1. The van der Waals surface area contributed by atoms with E-state index in [0.29, 0.717) is 12.1 Å². The molecule has 0 saturated heterocycles. The Hall–Kier alpha value is -3.50. The fourth-order valence-electron chi connectivity index (χ4n) is 5.13. The minimum atomic E-state index is 0.0775. The van der Waals surface area contributed by atoms with Crippen LogP contribution in [-0.4, -0.2) is 22.1 Å². The summed E-state index contributed by atoms with van der Waals surface area (Å²) in [5.41, 5.74) is 9.75. The van der Waals surface area contributed by atoms with Gasteiger partial charge in [-0.15, -0.1) is 0 Å². The number of nitrogens with zero attached hydrogens (tertiary/aromatic N) is 2. The first kappa shape index (κ1) is 25.2. The summed E-state index contributed by atoms with van der Waals surface area (Å²) in [6.07, 6.45) is 3.92. The molecule has 1 unspecified atom stereocenters. The molecule has 0 bridgehead atoms. The van der Waals surface area contributed by atoms with Crippen LogP contribution in [0.2, 0.25) is 0 Å². The quantitative estimate of drug-likeness (QED) is 0.246. The van der Waals surface area contributed by atoms with Crippen molar-refractivity contribution in [2.24, 2.45) is 5.92 Å². The lowest BCUT2D eigenvalue weighted by atomic mass is 9.92. The monoisotopic (exact) mass is 491 g/mol. The molecule has 1 fully saturated rings. The summed E-state index contributed by atoms with van der Waals surface area (Å²) in [5, 5.41) is 8.49. The van der Waals surface area contributed by atoms with Crippen LogP contribution in [0.3, 0.4) is 0 Å². The zero-order chi connectivity index (χ0) is 25.9. The molecular weight excluding hydrogens is 454 g/mol. The topological polar surface area (TPSA) is 46.9 Å². The summed E-state index contributed by atoms with van der Waals surface area (Å²) in [6.45, 7) is 9.44. The van der Waals surface area contributed by atoms with Gasteiger partial charge in [0.25, 0.3) is 0 Å². The minimum Gasteiger partial charge on any atom is -0.306 e. The third-order valence-corrected chi connectivity index (χ3v) is 7.37. The van der Waals surface area contributed by atoms with Crippen LogP contribution in [0.15, 0.2) is 72.8 Å². The van der Waals surface area contributed by atoms with Crippen molar-refractivity contribution >= 4 is 5.78 Å². The van der Waals surface area contributed by atoms with Gasteiger partial charge < -0.3 is 5.32 Å². The number of carbonyl (C=O) groups is 1. The second-order valence-corrected chi connectivity index (χ2v) is 10.6. The maximum Gasteiger partial charge on any atom is 0.185 e. The summed E-state index contributed by atoms with van der Waals surface area (Å²) in [5.74, 6) is 0.862. The van der Waals surface area contributed by atoms with Crippen molar-refractivity contribution in [3.05, 3.63) is 118 Å². The molecule has 0 spiro atoms. The molecule has 0 radical (unpaired) electrons. The molecule has 4 heteroatoms. The van der Waals surface area contributed by atoms with Gasteiger partial charge in [-0.05, 0) is 98.5 Å². The van der Waals surface area contributed by atoms with Gasteiger partial charge in [-0.2, -0.15) is 5.10 Å². The van der Waals surface area contributed by atoms with Crippen molar-refractivity contribution in [2.45, 2.75) is 59.4 Å². The second kappa shape index (κ2) is 10.9. The van der Waals surface area contributed by atoms with Gasteiger partial charge in [0.15, 0.2) is 5.78 Å². The molecule has 1 heterocycles. The van der Waals surface area contributed by atoms with E-state index in [0.717, 1.165) is 35.8 Å². The zero-order valence-corrected chi connectivity index (χ0v) is 22.4. The largest absolute Gasteiger partial charge is 0.306 e. The Kier molecular flexibility index (Phi) is 7.38. The van der Waals surface area contributed by atoms with Gasteiger partial charge in [0.2, 0.25) is 0 Å². The van der Waals surface area contributed by atoms with Gasteiger partial charge in [-0.25, -0.2) is 4.68 Å². The minimum absolute atomic E-state index is 0.0775. The van der Waals surface area contributed by atoms with E-state index in [1.165, 1.54) is 40.7 Å². The molecule has 0 amide bonds. The van der Waals surface area contributed by atoms with Crippen molar-refractivity contribution < 1.29 is 4.79 Å². The third-order valence-electron chi connectivity index (χ3n) is 7.37. The van der Waals surface area contributed by atoms with Gasteiger partial charge in [0, 0.05) is 6.42 Å². The van der Waals surface area contributed by atoms with E-state index >= 15 is 0 Å². The maximum atomic E-state index is 13.6. The van der Waals surface area contributed by atoms with Crippen LogP contribution in [0.1, 0.15) is 75.4 Å². The number of aromatic nitrogens is 2. The van der Waals surface area contributed by atoms with Gasteiger partial charge >= 0.3 is 0 Å². The highest BCUT2D eigenvalue weighted by Gasteiger charge is 2.24. The molecule has 3 aromatic carbocycles. The van der Waals surface area contributed by atoms with E-state index in [1.54, 1.807) is 4.68 Å². The molecule has 5 rings (SSSR count). The maximum absolute atomic E-state index is 13.6. The number of aryl methyl sites for hydroxylation is 4. The molecular formula is C33H37N3O. The lowest BCUT2D eigenvalue weighted by molar-refractivity contribution is 0.0985. The summed E-state index contributed by atoms with van der Waals surface area (Å²) in [7, 11) is 0. The molecule has 1 aliphatic carbocycles. The van der Waals surface area contributed by atoms with Crippen LogP contribution < -0.4 is 5.32 Å². The lowest BCUT2D eigenvalue weighted by Crippen LogP contribution is -2.25. The average molecular weight is 492 g/mol. The van der Waals surface area contributed by atoms with Crippen LogP contribution in [0.4, 0.5) is 0 Å². The average Bonchev–Trinajstić information content (AvgIpc) is 3.64. The third kappa shape index (κ3) is 5.91. The molecule has 1 N–H and O–H groups in total. The molecule has 37 heavy (non-hydrogen) atoms. The van der Waals surface area contributed by atoms with Crippen LogP contribution in [0.5, 0.6) is 0 Å². The van der Waals surface area contributed by atoms with E-state index in [1.807, 2.05) is 25.1 Å². The van der Waals surface area contributed by atoms with Crippen molar-refractivity contribution in [3.8, 4) is 5.69 Å². The van der Waals surface area contributed by atoms with Gasteiger partial charge in [0.1, 0.15) is 5.69 Å². The van der Waals surface area contributed by atoms with Crippen LogP contribution in [0, 0.1) is 26.7 Å². The summed E-state index contributed by atoms with van der Waals surface area (Å²) < 4.78 is 1.80. The molecule has 1 aromatic heterocycles. The Morgan fingerprint density at radius 3 is 2.51 bits per heavy atom. The number of ketones is 1. The second-order valence-electron chi connectivity index (χ2n) is 10.6. The number of hydrogen-bond donors (Lipinski definition) is 1. The normalized spacial score (nSPS) is 14.1. The molecule has 4 nitrogen and oxygen atoms in total. The van der Waals surface area contributed by atoms with Gasteiger partial charge in [0.05, 0.1) is 17.4 Å². The van der Waals surface area contributed by atoms with Crippen molar-refractivity contribution in [1.29, 1.82) is 0 Å². The standard InChI is InChI=1S/C33H37N3O/c1-5-25-8-7-11-29(19-25)36-31(17-24(4)35-36)32(37)20-27-9-6-10-28(18-27)33(34-21-26-13-14-26)30-15-12-22(2)16-23(30)3/h6-12,15-19,26,33-34H,5,13-14,20-21H2,1-4H3. The first-order valence-electron chi connectivity index (χ1n) is 13.5. The number of Topliss-reactive ketones (excluding diaryl/α,β-unsaturated/α-hetero) is 1. The molecule has 1 aliphatic rings. The Morgan fingerprint density at radius 2 is 1.76 bits per heavy atom. The van der Waals surface area contributed by atoms with Crippen molar-refractivity contribution in [1.82, 2.24) is 15.1 Å². The fourth-order valence-corrected chi connectivity index (χ4v) is 5.13. The van der Waals surface area contributed by atoms with E-state index in [4.69, 9.17) is 0 Å². The predicted octanol–water partition coefficient (Wildman–Crippen LogP) is 6.87. The van der Waals surface area contributed by atoms with Gasteiger partial charge in [-0.1, -0.05) is 67.1 Å². The Labute approximate surface area is 220 Å². The molecule has 190 valence electrons. The summed E-state index contributed by atoms with van der Waals surface area (Å²) in [6, 6.07) is 25.5. The van der Waals surface area contributed by atoms with Crippen LogP contribution in [-0.2, 0) is 12.8 Å². The molecule has 4 aromatic rings. The van der Waals surface area contributed by atoms with Crippen LogP contribution >= 0.6 is 0 Å². The number of rotatable bonds is 10. The summed E-state index contributed by atoms with van der Waals surface area (Å²) >= 11 is 0. The highest BCUT2D eigenvalue weighted by Crippen LogP contribution is 2.31. The highest BCUT2D eigenvalue weighted by molar-refractivity contribution is 5.96. The van der Waals surface area contributed by atoms with Crippen molar-refractivity contribution in [3.63, 3.8) is 0 Å². The lowest BCUT2D eigenvalue weighted by Gasteiger charge is -2.23. The van der Waals surface area contributed by atoms with Gasteiger partial charge in [-0.3, -0.25) is 4.79 Å². The Morgan fingerprint density at radius 1 is 0.973 bits per heavy atom. The number of nitrogens with one attached hydrogen (secondary N) is 1. The fraction of sp³-hybridized carbons (Fsp3) is 0.333. The smallest absolute Gasteiger partial charge is 0.185 e. The highest BCUT2D eigenvalue weighted by atomic mass is 16.1. The van der Waals surface area contributed by atoms with E-state index in [9.17, 15) is 4.79 Å². The molecule has 0 aliphatic heterocycles. The number of hydrogen-bond acceptors (Lipinski definition) is 3. The summed E-state index contributed by atoms with van der Waals surface area (Å²) in [4.78, 5) is 13.6. The first-order chi connectivity index (χ1) is 17.9. The van der Waals surface area contributed by atoms with E-state index in [-0.39, 0.29) is 11.8 Å². The zero-order valence-electron chi connectivity index (χ0n) is 22.4. The van der Waals surface area contributed by atoms with E-state index in [2.05, 4.69) is 85.8 Å².